The molecular weight excluding hydrogens is 542 g/mol. The van der Waals surface area contributed by atoms with Gasteiger partial charge in [0.25, 0.3) is 5.91 Å². The van der Waals surface area contributed by atoms with Crippen molar-refractivity contribution in [2.75, 3.05) is 18.9 Å². The molecule has 43 heavy (non-hydrogen) atoms. The second-order valence-corrected chi connectivity index (χ2v) is 11.2. The Balaban J connectivity index is 1.38. The van der Waals surface area contributed by atoms with E-state index in [1.807, 2.05) is 92.8 Å². The fourth-order valence-electron chi connectivity index (χ4n) is 5.41. The summed E-state index contributed by atoms with van der Waals surface area (Å²) in [5.74, 6) is -0.273. The summed E-state index contributed by atoms with van der Waals surface area (Å²) in [6, 6.07) is 28.2. The number of hydrogen-bond donors (Lipinski definition) is 3. The van der Waals surface area contributed by atoms with Crippen LogP contribution < -0.4 is 5.32 Å². The maximum Gasteiger partial charge on any atom is 0.257 e. The summed E-state index contributed by atoms with van der Waals surface area (Å²) in [4.78, 5) is 18.9. The number of ether oxygens (including phenoxy) is 2. The van der Waals surface area contributed by atoms with Gasteiger partial charge in [0.15, 0.2) is 6.29 Å². The van der Waals surface area contributed by atoms with E-state index >= 15 is 0 Å². The third-order valence-corrected chi connectivity index (χ3v) is 8.23. The van der Waals surface area contributed by atoms with Crippen molar-refractivity contribution in [2.24, 2.45) is 5.92 Å². The predicted molar refractivity (Wildman–Crippen MR) is 165 cm³/mol. The summed E-state index contributed by atoms with van der Waals surface area (Å²) in [7, 11) is 2.00. The number of aliphatic hydroxyl groups is 2. The lowest BCUT2D eigenvalue weighted by Crippen LogP contribution is -2.46. The van der Waals surface area contributed by atoms with Crippen LogP contribution in [0.3, 0.4) is 0 Å². The van der Waals surface area contributed by atoms with Crippen LogP contribution in [-0.2, 0) is 16.1 Å². The quantitative estimate of drug-likeness (QED) is 0.222. The van der Waals surface area contributed by atoms with E-state index in [9.17, 15) is 15.0 Å². The molecule has 0 radical (unpaired) electrons. The van der Waals surface area contributed by atoms with E-state index in [2.05, 4.69) is 22.1 Å². The number of aliphatic hydroxyl groups excluding tert-OH is 2. The van der Waals surface area contributed by atoms with Gasteiger partial charge in [0, 0.05) is 42.1 Å². The summed E-state index contributed by atoms with van der Waals surface area (Å²) in [5, 5.41) is 23.6. The smallest absolute Gasteiger partial charge is 0.257 e. The van der Waals surface area contributed by atoms with Crippen molar-refractivity contribution in [1.29, 1.82) is 0 Å². The fraction of sp³-hybridized carbons (Fsp3) is 0.314. The lowest BCUT2D eigenvalue weighted by molar-refractivity contribution is -0.276. The zero-order chi connectivity index (χ0) is 30.3. The van der Waals surface area contributed by atoms with E-state index in [0.717, 1.165) is 22.3 Å². The standard InChI is InChI=1S/C35H39N3O5/c1-23-31(21-38(3)24(2)32(40)26-9-5-4-6-10-26)42-35(43-33(23)27-16-14-25(22-39)15-17-27)28-11-7-13-30(19-28)37-34(41)29-12-8-18-36-20-29/h4-20,23-24,31-33,35,39-40H,21-22H2,1-3H3,(H,37,41)/t23-,24-,31+,32-,33+,35+/m1/s1. The Labute approximate surface area is 252 Å². The molecule has 0 aliphatic carbocycles. The van der Waals surface area contributed by atoms with E-state index in [1.165, 1.54) is 6.20 Å². The first kappa shape index (κ1) is 30.5. The minimum atomic E-state index is -0.693. The van der Waals surface area contributed by atoms with E-state index in [4.69, 9.17) is 9.47 Å². The van der Waals surface area contributed by atoms with Crippen molar-refractivity contribution in [3.05, 3.63) is 131 Å². The molecule has 8 nitrogen and oxygen atoms in total. The topological polar surface area (TPSA) is 104 Å². The SMILES string of the molecule is C[C@@H]1[C@H](CN(C)[C@H](C)[C@@H](O)c2ccccc2)O[C@H](c2cccc(NC(=O)c3cccnc3)c2)O[C@@H]1c1ccc(CO)cc1. The van der Waals surface area contributed by atoms with Crippen molar-refractivity contribution < 1.29 is 24.5 Å². The van der Waals surface area contributed by atoms with Crippen LogP contribution in [0, 0.1) is 5.92 Å². The minimum absolute atomic E-state index is 0.0202. The number of nitrogens with one attached hydrogen (secondary N) is 1. The second-order valence-electron chi connectivity index (χ2n) is 11.2. The van der Waals surface area contributed by atoms with Gasteiger partial charge in [0.05, 0.1) is 30.5 Å². The average Bonchev–Trinajstić information content (AvgIpc) is 3.06. The van der Waals surface area contributed by atoms with Gasteiger partial charge in [-0.1, -0.05) is 73.7 Å². The summed E-state index contributed by atoms with van der Waals surface area (Å²) in [6.45, 7) is 4.66. The monoisotopic (exact) mass is 581 g/mol. The van der Waals surface area contributed by atoms with Crippen molar-refractivity contribution in [2.45, 2.75) is 51.1 Å². The highest BCUT2D eigenvalue weighted by molar-refractivity contribution is 6.04. The van der Waals surface area contributed by atoms with Gasteiger partial charge in [-0.25, -0.2) is 0 Å². The van der Waals surface area contributed by atoms with Crippen LogP contribution in [0.4, 0.5) is 5.69 Å². The molecule has 0 spiro atoms. The number of carbonyl (C=O) groups is 1. The van der Waals surface area contributed by atoms with Crippen LogP contribution in [0.1, 0.15) is 65.0 Å². The maximum absolute atomic E-state index is 12.8. The lowest BCUT2D eigenvalue weighted by atomic mass is 9.89. The zero-order valence-electron chi connectivity index (χ0n) is 24.7. The van der Waals surface area contributed by atoms with Gasteiger partial charge in [-0.15, -0.1) is 0 Å². The first-order chi connectivity index (χ1) is 20.8. The largest absolute Gasteiger partial charge is 0.392 e. The van der Waals surface area contributed by atoms with Crippen molar-refractivity contribution in [3.63, 3.8) is 0 Å². The molecule has 1 aliphatic heterocycles. The Morgan fingerprint density at radius 1 is 0.977 bits per heavy atom. The molecular formula is C35H39N3O5. The van der Waals surface area contributed by atoms with Crippen molar-refractivity contribution in [3.8, 4) is 0 Å². The molecule has 4 aromatic rings. The third-order valence-electron chi connectivity index (χ3n) is 8.23. The second kappa shape index (κ2) is 14.0. The molecule has 1 aromatic heterocycles. The number of anilines is 1. The average molecular weight is 582 g/mol. The van der Waals surface area contributed by atoms with E-state index in [0.29, 0.717) is 17.8 Å². The van der Waals surface area contributed by atoms with E-state index in [1.54, 1.807) is 18.3 Å². The third kappa shape index (κ3) is 7.36. The Bertz CT molecular complexity index is 1470. The van der Waals surface area contributed by atoms with Gasteiger partial charge >= 0.3 is 0 Å². The van der Waals surface area contributed by atoms with Crippen LogP contribution in [0.25, 0.3) is 0 Å². The molecule has 1 amide bonds. The molecule has 5 rings (SSSR count). The molecule has 0 unspecified atom stereocenters. The number of nitrogens with zero attached hydrogens (tertiary/aromatic N) is 2. The summed E-state index contributed by atoms with van der Waals surface area (Å²) >= 11 is 0. The molecule has 6 atom stereocenters. The number of likely N-dealkylation sites (N-methyl/N-ethyl adjacent to an activating group) is 1. The van der Waals surface area contributed by atoms with E-state index in [-0.39, 0.29) is 36.7 Å². The van der Waals surface area contributed by atoms with Gasteiger partial charge in [-0.2, -0.15) is 0 Å². The Hall–Kier alpha value is -3.92. The molecule has 3 aromatic carbocycles. The van der Waals surface area contributed by atoms with Crippen molar-refractivity contribution in [1.82, 2.24) is 9.88 Å². The lowest BCUT2D eigenvalue weighted by Gasteiger charge is -2.43. The minimum Gasteiger partial charge on any atom is -0.392 e. The highest BCUT2D eigenvalue weighted by Gasteiger charge is 2.39. The molecule has 3 N–H and O–H groups in total. The fourth-order valence-corrected chi connectivity index (χ4v) is 5.41. The molecule has 1 saturated heterocycles. The van der Waals surface area contributed by atoms with Crippen molar-refractivity contribution >= 4 is 11.6 Å². The molecule has 1 fully saturated rings. The van der Waals surface area contributed by atoms with Gasteiger partial charge < -0.3 is 25.0 Å². The first-order valence-corrected chi connectivity index (χ1v) is 14.6. The summed E-state index contributed by atoms with van der Waals surface area (Å²) in [5.41, 5.74) is 4.55. The van der Waals surface area contributed by atoms with Gasteiger partial charge in [-0.3, -0.25) is 14.7 Å². The number of benzene rings is 3. The first-order valence-electron chi connectivity index (χ1n) is 14.6. The highest BCUT2D eigenvalue weighted by atomic mass is 16.7. The number of pyridine rings is 1. The van der Waals surface area contributed by atoms with Crippen LogP contribution >= 0.6 is 0 Å². The van der Waals surface area contributed by atoms with Gasteiger partial charge in [0.2, 0.25) is 0 Å². The van der Waals surface area contributed by atoms with Crippen LogP contribution in [0.5, 0.6) is 0 Å². The van der Waals surface area contributed by atoms with Crippen LogP contribution in [0.15, 0.2) is 103 Å². The summed E-state index contributed by atoms with van der Waals surface area (Å²) < 4.78 is 13.2. The zero-order valence-corrected chi connectivity index (χ0v) is 24.7. The Morgan fingerprint density at radius 2 is 1.74 bits per heavy atom. The molecule has 8 heteroatoms. The van der Waals surface area contributed by atoms with Gasteiger partial charge in [-0.05, 0) is 54.9 Å². The number of aromatic nitrogens is 1. The molecule has 0 bridgehead atoms. The van der Waals surface area contributed by atoms with Crippen LogP contribution in [-0.4, -0.2) is 51.7 Å². The molecule has 224 valence electrons. The predicted octanol–water partition coefficient (Wildman–Crippen LogP) is 5.67. The Kier molecular flexibility index (Phi) is 9.97. The van der Waals surface area contributed by atoms with E-state index < -0.39 is 12.4 Å². The molecule has 2 heterocycles. The Morgan fingerprint density at radius 3 is 2.44 bits per heavy atom. The number of carbonyl (C=O) groups excluding carboxylic acids is 1. The maximum atomic E-state index is 12.8. The summed E-state index contributed by atoms with van der Waals surface area (Å²) in [6.07, 6.45) is 1.29. The van der Waals surface area contributed by atoms with Gasteiger partial charge in [0.1, 0.15) is 0 Å². The number of rotatable bonds is 10. The number of amides is 1. The highest BCUT2D eigenvalue weighted by Crippen LogP contribution is 2.42. The number of hydrogen-bond acceptors (Lipinski definition) is 7. The van der Waals surface area contributed by atoms with Crippen LogP contribution in [0.2, 0.25) is 0 Å². The normalized spacial score (nSPS) is 21.7. The molecule has 1 aliphatic rings. The molecule has 0 saturated carbocycles.